The lowest BCUT2D eigenvalue weighted by molar-refractivity contribution is -0.137. The standard InChI is InChI=1S/C29H33F5N4O3S/c1-5-24(39)38-16(2)13-37(14-17(38)3)28(35)21-11-22(29(32,33)34)25(20-7-6-18(30)10-23(20)31)27-26(21)36-12-19(15-42-27)41-9-8-40-4/h5-7,10-11,16-17,19,35-36H,1,8-9,12-15H2,2-4H3/t16-,17?,19?/m0/s1. The Hall–Kier alpha value is -3.16. The van der Waals surface area contributed by atoms with E-state index in [1.165, 1.54) is 13.2 Å². The number of amidine groups is 1. The fourth-order valence-corrected chi connectivity index (χ4v) is 6.68. The number of benzene rings is 2. The Morgan fingerprint density at radius 3 is 2.48 bits per heavy atom. The van der Waals surface area contributed by atoms with Gasteiger partial charge in [0.15, 0.2) is 0 Å². The van der Waals surface area contributed by atoms with Crippen LogP contribution in [0.5, 0.6) is 0 Å². The van der Waals surface area contributed by atoms with Gasteiger partial charge in [-0.25, -0.2) is 8.78 Å². The van der Waals surface area contributed by atoms with Gasteiger partial charge in [-0.3, -0.25) is 10.2 Å². The molecule has 1 saturated heterocycles. The maximum atomic E-state index is 15.1. The molecule has 13 heteroatoms. The van der Waals surface area contributed by atoms with Gasteiger partial charge >= 0.3 is 6.18 Å². The van der Waals surface area contributed by atoms with Gasteiger partial charge in [-0.15, -0.1) is 11.8 Å². The molecule has 7 nitrogen and oxygen atoms in total. The smallest absolute Gasteiger partial charge is 0.382 e. The van der Waals surface area contributed by atoms with Gasteiger partial charge in [0, 0.05) is 72.2 Å². The fourth-order valence-electron chi connectivity index (χ4n) is 5.42. The maximum Gasteiger partial charge on any atom is 0.417 e. The van der Waals surface area contributed by atoms with Crippen LogP contribution in [0.3, 0.4) is 0 Å². The van der Waals surface area contributed by atoms with Gasteiger partial charge in [-0.1, -0.05) is 6.58 Å². The van der Waals surface area contributed by atoms with Gasteiger partial charge in [0.25, 0.3) is 0 Å². The Labute approximate surface area is 245 Å². The number of anilines is 1. The van der Waals surface area contributed by atoms with E-state index in [0.717, 1.165) is 30.0 Å². The molecule has 0 radical (unpaired) electrons. The number of nitrogens with one attached hydrogen (secondary N) is 2. The number of methoxy groups -OCH3 is 1. The molecule has 2 aromatic rings. The van der Waals surface area contributed by atoms with Crippen molar-refractivity contribution >= 4 is 29.2 Å². The van der Waals surface area contributed by atoms with Gasteiger partial charge in [-0.05, 0) is 38.1 Å². The second kappa shape index (κ2) is 13.0. The summed E-state index contributed by atoms with van der Waals surface area (Å²) in [6.07, 6.45) is -4.13. The number of thioether (sulfide) groups is 1. The minimum atomic E-state index is -4.92. The summed E-state index contributed by atoms with van der Waals surface area (Å²) in [6.45, 7) is 8.37. The summed E-state index contributed by atoms with van der Waals surface area (Å²) < 4.78 is 83.8. The molecule has 228 valence electrons. The minimum Gasteiger partial charge on any atom is -0.382 e. The van der Waals surface area contributed by atoms with Crippen LogP contribution in [0.15, 0.2) is 41.8 Å². The van der Waals surface area contributed by atoms with Crippen LogP contribution < -0.4 is 5.32 Å². The molecule has 0 bridgehead atoms. The van der Waals surface area contributed by atoms with Crippen LogP contribution in [-0.2, 0) is 20.4 Å². The second-order valence-corrected chi connectivity index (χ2v) is 11.3. The Morgan fingerprint density at radius 2 is 1.88 bits per heavy atom. The molecule has 2 aliphatic heterocycles. The quantitative estimate of drug-likeness (QED) is 0.139. The molecule has 3 atom stereocenters. The number of rotatable bonds is 7. The van der Waals surface area contributed by atoms with E-state index in [9.17, 15) is 22.4 Å². The molecular formula is C29H33F5N4O3S. The van der Waals surface area contributed by atoms with Crippen molar-refractivity contribution in [2.75, 3.05) is 51.0 Å². The van der Waals surface area contributed by atoms with Crippen molar-refractivity contribution in [2.45, 2.75) is 43.1 Å². The maximum absolute atomic E-state index is 15.1. The highest BCUT2D eigenvalue weighted by atomic mass is 32.2. The van der Waals surface area contributed by atoms with Gasteiger partial charge in [0.05, 0.1) is 30.6 Å². The highest BCUT2D eigenvalue weighted by Gasteiger charge is 2.40. The lowest BCUT2D eigenvalue weighted by atomic mass is 9.93. The van der Waals surface area contributed by atoms with E-state index < -0.39 is 40.6 Å². The molecule has 42 heavy (non-hydrogen) atoms. The highest BCUT2D eigenvalue weighted by Crippen LogP contribution is 2.49. The molecule has 0 spiro atoms. The number of carbonyl (C=O) groups excluding carboxylic acids is 1. The highest BCUT2D eigenvalue weighted by molar-refractivity contribution is 7.99. The molecule has 1 fully saturated rings. The van der Waals surface area contributed by atoms with E-state index in [4.69, 9.17) is 14.9 Å². The summed E-state index contributed by atoms with van der Waals surface area (Å²) >= 11 is 1.06. The van der Waals surface area contributed by atoms with Gasteiger partial charge < -0.3 is 24.6 Å². The third-order valence-electron chi connectivity index (χ3n) is 7.27. The molecule has 1 amide bonds. The van der Waals surface area contributed by atoms with E-state index in [1.54, 1.807) is 23.6 Å². The number of fused-ring (bicyclic) bond motifs is 1. The average Bonchev–Trinajstić information content (AvgIpc) is 3.14. The summed E-state index contributed by atoms with van der Waals surface area (Å²) in [7, 11) is 1.52. The van der Waals surface area contributed by atoms with Crippen molar-refractivity contribution in [2.24, 2.45) is 0 Å². The van der Waals surface area contributed by atoms with Crippen LogP contribution in [0.4, 0.5) is 27.6 Å². The third-order valence-corrected chi connectivity index (χ3v) is 8.50. The summed E-state index contributed by atoms with van der Waals surface area (Å²) in [5.41, 5.74) is -1.74. The van der Waals surface area contributed by atoms with E-state index in [0.29, 0.717) is 12.7 Å². The third kappa shape index (κ3) is 6.57. The van der Waals surface area contributed by atoms with Gasteiger partial charge in [0.1, 0.15) is 17.5 Å². The normalized spacial score (nSPS) is 20.9. The zero-order chi connectivity index (χ0) is 30.8. The Bertz CT molecular complexity index is 1340. The Balaban J connectivity index is 1.85. The van der Waals surface area contributed by atoms with Crippen LogP contribution >= 0.6 is 11.8 Å². The van der Waals surface area contributed by atoms with Gasteiger partial charge in [0.2, 0.25) is 5.91 Å². The molecule has 2 aromatic carbocycles. The lowest BCUT2D eigenvalue weighted by Crippen LogP contribution is -2.59. The summed E-state index contributed by atoms with van der Waals surface area (Å²) in [5.74, 6) is -2.24. The van der Waals surface area contributed by atoms with Crippen LogP contribution in [0.2, 0.25) is 0 Å². The number of ether oxygens (including phenoxy) is 2. The van der Waals surface area contributed by atoms with E-state index in [1.807, 2.05) is 0 Å². The second-order valence-electron chi connectivity index (χ2n) is 10.3. The van der Waals surface area contributed by atoms with Crippen molar-refractivity contribution in [1.82, 2.24) is 9.80 Å². The largest absolute Gasteiger partial charge is 0.417 e. The number of hydrogen-bond acceptors (Lipinski definition) is 6. The zero-order valence-corrected chi connectivity index (χ0v) is 24.3. The number of hydrogen-bond donors (Lipinski definition) is 2. The molecule has 2 N–H and O–H groups in total. The molecule has 2 heterocycles. The fraction of sp³-hybridized carbons (Fsp3) is 0.448. The minimum absolute atomic E-state index is 0.0171. The number of carbonyl (C=O) groups is 1. The van der Waals surface area contributed by atoms with Crippen molar-refractivity contribution in [1.29, 1.82) is 5.41 Å². The first-order valence-corrected chi connectivity index (χ1v) is 14.3. The monoisotopic (exact) mass is 612 g/mol. The SMILES string of the molecule is C=CC(=O)N1C(C)CN(C(=N)c2cc(C(F)(F)F)c(-c3ccc(F)cc3F)c3c2NCC(OCCOC)CS3)C[C@@H]1C. The summed E-state index contributed by atoms with van der Waals surface area (Å²) in [4.78, 5) is 15.8. The summed E-state index contributed by atoms with van der Waals surface area (Å²) in [6, 6.07) is 2.64. The predicted molar refractivity (Wildman–Crippen MR) is 152 cm³/mol. The van der Waals surface area contributed by atoms with Crippen LogP contribution in [0.1, 0.15) is 25.0 Å². The average molecular weight is 613 g/mol. The Kier molecular flexibility index (Phi) is 9.84. The number of alkyl halides is 3. The molecule has 0 aromatic heterocycles. The zero-order valence-electron chi connectivity index (χ0n) is 23.5. The predicted octanol–water partition coefficient (Wildman–Crippen LogP) is 5.63. The molecule has 0 saturated carbocycles. The first-order chi connectivity index (χ1) is 19.9. The molecular weight excluding hydrogens is 579 g/mol. The summed E-state index contributed by atoms with van der Waals surface area (Å²) in [5, 5.41) is 12.3. The van der Waals surface area contributed by atoms with Crippen LogP contribution in [0.25, 0.3) is 11.1 Å². The first kappa shape index (κ1) is 31.8. The van der Waals surface area contributed by atoms with Crippen molar-refractivity contribution < 1.29 is 36.2 Å². The molecule has 0 aliphatic carbocycles. The number of halogens is 5. The van der Waals surface area contributed by atoms with Crippen molar-refractivity contribution in [3.8, 4) is 11.1 Å². The van der Waals surface area contributed by atoms with E-state index in [2.05, 4.69) is 11.9 Å². The number of amides is 1. The molecule has 4 rings (SSSR count). The van der Waals surface area contributed by atoms with Gasteiger partial charge in [-0.2, -0.15) is 13.2 Å². The van der Waals surface area contributed by atoms with Crippen LogP contribution in [-0.4, -0.2) is 85.4 Å². The van der Waals surface area contributed by atoms with Crippen molar-refractivity contribution in [3.63, 3.8) is 0 Å². The van der Waals surface area contributed by atoms with Crippen molar-refractivity contribution in [3.05, 3.63) is 59.7 Å². The van der Waals surface area contributed by atoms with Crippen LogP contribution in [0, 0.1) is 17.0 Å². The first-order valence-electron chi connectivity index (χ1n) is 13.4. The number of nitrogens with zero attached hydrogens (tertiary/aromatic N) is 2. The Morgan fingerprint density at radius 1 is 1.19 bits per heavy atom. The number of piperazine rings is 1. The lowest BCUT2D eigenvalue weighted by Gasteiger charge is -2.45. The molecule has 2 unspecified atom stereocenters. The van der Waals surface area contributed by atoms with E-state index >= 15 is 4.39 Å². The van der Waals surface area contributed by atoms with E-state index in [-0.39, 0.29) is 72.0 Å². The molecule has 2 aliphatic rings. The topological polar surface area (TPSA) is 77.9 Å².